The van der Waals surface area contributed by atoms with Gasteiger partial charge in [0.1, 0.15) is 6.73 Å². The molecule has 0 N–H and O–H groups in total. The molecule has 0 bridgehead atoms. The summed E-state index contributed by atoms with van der Waals surface area (Å²) < 4.78 is 7.59. The zero-order valence-corrected chi connectivity index (χ0v) is 9.30. The highest BCUT2D eigenvalue weighted by atomic mass is 79.9. The summed E-state index contributed by atoms with van der Waals surface area (Å²) in [6.45, 7) is 4.61. The van der Waals surface area contributed by atoms with E-state index in [2.05, 4.69) is 15.9 Å². The number of halogens is 1. The number of nitrogens with zero attached hydrogens (tertiary/aromatic N) is 1. The zero-order valence-electron chi connectivity index (χ0n) is 7.71. The summed E-state index contributed by atoms with van der Waals surface area (Å²) in [5, 5.41) is 0. The Morgan fingerprint density at radius 1 is 1.62 bits per heavy atom. The van der Waals surface area contributed by atoms with Crippen molar-refractivity contribution in [3.05, 3.63) is 32.7 Å². The van der Waals surface area contributed by atoms with Gasteiger partial charge in [-0.1, -0.05) is 0 Å². The third-order valence-corrected chi connectivity index (χ3v) is 2.10. The van der Waals surface area contributed by atoms with Crippen LogP contribution in [0, 0.1) is 6.92 Å². The fourth-order valence-corrected chi connectivity index (χ4v) is 1.62. The van der Waals surface area contributed by atoms with E-state index in [1.54, 1.807) is 23.8 Å². The molecule has 1 heterocycles. The molecular formula is C9H12BrNO2. The quantitative estimate of drug-likeness (QED) is 0.815. The maximum absolute atomic E-state index is 11.5. The number of ether oxygens (including phenoxy) is 1. The minimum absolute atomic E-state index is 0.00310. The average Bonchev–Trinajstić information content (AvgIpc) is 2.09. The third-order valence-electron chi connectivity index (χ3n) is 1.67. The summed E-state index contributed by atoms with van der Waals surface area (Å²) in [4.78, 5) is 11.5. The van der Waals surface area contributed by atoms with E-state index in [0.29, 0.717) is 18.9 Å². The summed E-state index contributed by atoms with van der Waals surface area (Å²) in [6, 6.07) is 1.80. The fraction of sp³-hybridized carbons (Fsp3) is 0.444. The molecule has 13 heavy (non-hydrogen) atoms. The Bertz CT molecular complexity index is 346. The van der Waals surface area contributed by atoms with Crippen LogP contribution in [0.1, 0.15) is 12.5 Å². The van der Waals surface area contributed by atoms with E-state index >= 15 is 0 Å². The van der Waals surface area contributed by atoms with E-state index in [0.717, 1.165) is 4.47 Å². The number of aryl methyl sites for hydroxylation is 1. The lowest BCUT2D eigenvalue weighted by molar-refractivity contribution is 0.0851. The predicted octanol–water partition coefficient (Wildman–Crippen LogP) is 1.91. The second kappa shape index (κ2) is 4.58. The first-order valence-electron chi connectivity index (χ1n) is 4.09. The molecule has 0 amide bonds. The lowest BCUT2D eigenvalue weighted by atomic mass is 10.3. The molecule has 0 spiro atoms. The smallest absolute Gasteiger partial charge is 0.255 e. The highest BCUT2D eigenvalue weighted by molar-refractivity contribution is 9.10. The van der Waals surface area contributed by atoms with E-state index in [-0.39, 0.29) is 5.56 Å². The molecule has 0 saturated carbocycles. The molecule has 0 aliphatic heterocycles. The second-order valence-corrected chi connectivity index (χ2v) is 3.65. The molecule has 0 radical (unpaired) electrons. The van der Waals surface area contributed by atoms with Crippen LogP contribution in [0.15, 0.2) is 21.5 Å². The first-order chi connectivity index (χ1) is 6.15. The molecule has 3 nitrogen and oxygen atoms in total. The standard InChI is InChI=1S/C9H12BrNO2/c1-3-13-6-11-5-8(10)4-7(2)9(11)12/h4-5H,3,6H2,1-2H3. The van der Waals surface area contributed by atoms with Crippen molar-refractivity contribution in [2.75, 3.05) is 6.61 Å². The molecule has 0 saturated heterocycles. The van der Waals surface area contributed by atoms with Crippen LogP contribution in [0.3, 0.4) is 0 Å². The van der Waals surface area contributed by atoms with Crippen molar-refractivity contribution < 1.29 is 4.74 Å². The number of hydrogen-bond donors (Lipinski definition) is 0. The van der Waals surface area contributed by atoms with E-state index in [1.807, 2.05) is 6.92 Å². The molecule has 0 unspecified atom stereocenters. The summed E-state index contributed by atoms with van der Waals surface area (Å²) in [5.74, 6) is 0. The van der Waals surface area contributed by atoms with Gasteiger partial charge in [-0.05, 0) is 35.8 Å². The normalized spacial score (nSPS) is 10.4. The largest absolute Gasteiger partial charge is 0.361 e. The maximum atomic E-state index is 11.5. The Kier molecular flexibility index (Phi) is 3.69. The zero-order chi connectivity index (χ0) is 9.84. The Morgan fingerprint density at radius 2 is 2.31 bits per heavy atom. The molecule has 0 fully saturated rings. The molecule has 0 atom stereocenters. The minimum Gasteiger partial charge on any atom is -0.361 e. The lowest BCUT2D eigenvalue weighted by Gasteiger charge is -2.06. The molecule has 72 valence electrons. The SMILES string of the molecule is CCOCn1cc(Br)cc(C)c1=O. The van der Waals surface area contributed by atoms with Gasteiger partial charge in [-0.3, -0.25) is 9.36 Å². The lowest BCUT2D eigenvalue weighted by Crippen LogP contribution is -2.22. The van der Waals surface area contributed by atoms with Crippen molar-refractivity contribution in [1.82, 2.24) is 4.57 Å². The second-order valence-electron chi connectivity index (χ2n) is 2.74. The van der Waals surface area contributed by atoms with Gasteiger partial charge in [0, 0.05) is 22.8 Å². The number of pyridine rings is 1. The maximum Gasteiger partial charge on any atom is 0.255 e. The van der Waals surface area contributed by atoms with Crippen molar-refractivity contribution in [2.45, 2.75) is 20.6 Å². The van der Waals surface area contributed by atoms with Crippen LogP contribution in [-0.2, 0) is 11.5 Å². The summed E-state index contributed by atoms with van der Waals surface area (Å²) in [7, 11) is 0. The van der Waals surface area contributed by atoms with E-state index < -0.39 is 0 Å². The van der Waals surface area contributed by atoms with Gasteiger partial charge in [0.15, 0.2) is 0 Å². The van der Waals surface area contributed by atoms with E-state index in [1.165, 1.54) is 0 Å². The Balaban J connectivity index is 2.99. The molecule has 1 rings (SSSR count). The van der Waals surface area contributed by atoms with Gasteiger partial charge >= 0.3 is 0 Å². The summed E-state index contributed by atoms with van der Waals surface area (Å²) in [6.07, 6.45) is 1.73. The van der Waals surface area contributed by atoms with Crippen LogP contribution in [-0.4, -0.2) is 11.2 Å². The fourth-order valence-electron chi connectivity index (χ4n) is 1.03. The average molecular weight is 246 g/mol. The summed E-state index contributed by atoms with van der Waals surface area (Å²) >= 11 is 3.32. The van der Waals surface area contributed by atoms with Crippen LogP contribution in [0.5, 0.6) is 0 Å². The monoisotopic (exact) mass is 245 g/mol. The Hall–Kier alpha value is -0.610. The molecule has 0 aromatic carbocycles. The Labute approximate surface area is 85.5 Å². The molecule has 4 heteroatoms. The highest BCUT2D eigenvalue weighted by Crippen LogP contribution is 2.07. The van der Waals surface area contributed by atoms with Gasteiger partial charge in [-0.2, -0.15) is 0 Å². The predicted molar refractivity (Wildman–Crippen MR) is 54.8 cm³/mol. The van der Waals surface area contributed by atoms with Gasteiger partial charge in [0.2, 0.25) is 0 Å². The van der Waals surface area contributed by atoms with Crippen molar-refractivity contribution >= 4 is 15.9 Å². The molecular weight excluding hydrogens is 234 g/mol. The van der Waals surface area contributed by atoms with E-state index in [4.69, 9.17) is 4.74 Å². The van der Waals surface area contributed by atoms with Crippen LogP contribution in [0.4, 0.5) is 0 Å². The number of hydrogen-bond acceptors (Lipinski definition) is 2. The minimum atomic E-state index is -0.00310. The third kappa shape index (κ3) is 2.67. The van der Waals surface area contributed by atoms with Crippen molar-refractivity contribution in [2.24, 2.45) is 0 Å². The highest BCUT2D eigenvalue weighted by Gasteiger charge is 2.00. The van der Waals surface area contributed by atoms with Crippen LogP contribution >= 0.6 is 15.9 Å². The molecule has 0 aliphatic carbocycles. The molecule has 1 aromatic heterocycles. The van der Waals surface area contributed by atoms with Gasteiger partial charge in [0.05, 0.1) is 0 Å². The first kappa shape index (κ1) is 10.5. The van der Waals surface area contributed by atoms with Crippen molar-refractivity contribution in [3.8, 4) is 0 Å². The van der Waals surface area contributed by atoms with E-state index in [9.17, 15) is 4.79 Å². The summed E-state index contributed by atoms with van der Waals surface area (Å²) in [5.41, 5.74) is 0.714. The topological polar surface area (TPSA) is 31.2 Å². The van der Waals surface area contributed by atoms with Crippen LogP contribution < -0.4 is 5.56 Å². The van der Waals surface area contributed by atoms with Gasteiger partial charge in [-0.25, -0.2) is 0 Å². The first-order valence-corrected chi connectivity index (χ1v) is 4.88. The van der Waals surface area contributed by atoms with Crippen LogP contribution in [0.2, 0.25) is 0 Å². The molecule has 0 aliphatic rings. The van der Waals surface area contributed by atoms with Crippen LogP contribution in [0.25, 0.3) is 0 Å². The van der Waals surface area contributed by atoms with Crippen molar-refractivity contribution in [1.29, 1.82) is 0 Å². The number of rotatable bonds is 3. The number of aromatic nitrogens is 1. The molecule has 1 aromatic rings. The van der Waals surface area contributed by atoms with Gasteiger partial charge < -0.3 is 4.74 Å². The van der Waals surface area contributed by atoms with Crippen molar-refractivity contribution in [3.63, 3.8) is 0 Å². The van der Waals surface area contributed by atoms with Gasteiger partial charge in [-0.15, -0.1) is 0 Å². The van der Waals surface area contributed by atoms with Gasteiger partial charge in [0.25, 0.3) is 5.56 Å². The Morgan fingerprint density at radius 3 is 2.92 bits per heavy atom.